The van der Waals surface area contributed by atoms with Gasteiger partial charge in [0.2, 0.25) is 0 Å². The Morgan fingerprint density at radius 3 is 2.36 bits per heavy atom. The summed E-state index contributed by atoms with van der Waals surface area (Å²) in [6.07, 6.45) is -0.681. The fraction of sp³-hybridized carbons (Fsp3) is 0.212. The van der Waals surface area contributed by atoms with Crippen LogP contribution in [0.15, 0.2) is 108 Å². The monoisotopic (exact) mass is 584 g/mol. The molecule has 1 aliphatic heterocycles. The minimum atomic E-state index is -0.970. The first-order valence-electron chi connectivity index (χ1n) is 13.6. The summed E-state index contributed by atoms with van der Waals surface area (Å²) in [6, 6.07) is 31.2. The lowest BCUT2D eigenvalue weighted by Crippen LogP contribution is -2.31. The Morgan fingerprint density at radius 2 is 1.60 bits per heavy atom. The third kappa shape index (κ3) is 7.77. The quantitative estimate of drug-likeness (QED) is 0.157. The second-order valence-electron chi connectivity index (χ2n) is 9.88. The Bertz CT molecular complexity index is 1500. The topological polar surface area (TPSA) is 117 Å². The van der Waals surface area contributed by atoms with Gasteiger partial charge in [-0.1, -0.05) is 78.9 Å². The summed E-state index contributed by atoms with van der Waals surface area (Å²) >= 11 is 1.44. The van der Waals surface area contributed by atoms with Gasteiger partial charge in [-0.15, -0.1) is 11.8 Å². The number of carbonyl (C=O) groups is 2. The van der Waals surface area contributed by atoms with Gasteiger partial charge in [0.1, 0.15) is 0 Å². The maximum atomic E-state index is 12.6. The van der Waals surface area contributed by atoms with Gasteiger partial charge in [0.15, 0.2) is 6.29 Å². The molecule has 8 nitrogen and oxygen atoms in total. The molecule has 9 heteroatoms. The second-order valence-corrected chi connectivity index (χ2v) is 10.9. The largest absolute Gasteiger partial charge is 0.478 e. The highest BCUT2D eigenvalue weighted by Gasteiger charge is 2.32. The predicted molar refractivity (Wildman–Crippen MR) is 161 cm³/mol. The summed E-state index contributed by atoms with van der Waals surface area (Å²) in [5.41, 5.74) is 4.36. The van der Waals surface area contributed by atoms with Crippen LogP contribution in [0.1, 0.15) is 51.4 Å². The van der Waals surface area contributed by atoms with Crippen molar-refractivity contribution in [1.82, 2.24) is 5.32 Å². The van der Waals surface area contributed by atoms with Gasteiger partial charge in [0, 0.05) is 34.9 Å². The van der Waals surface area contributed by atoms with Gasteiger partial charge >= 0.3 is 12.0 Å². The zero-order valence-electron chi connectivity index (χ0n) is 22.8. The molecule has 1 saturated heterocycles. The van der Waals surface area contributed by atoms with Crippen LogP contribution >= 0.6 is 11.8 Å². The molecule has 0 aromatic heterocycles. The number of urea groups is 1. The summed E-state index contributed by atoms with van der Waals surface area (Å²) < 4.78 is 12.8. The van der Waals surface area contributed by atoms with Crippen molar-refractivity contribution in [3.05, 3.63) is 131 Å². The van der Waals surface area contributed by atoms with Crippen molar-refractivity contribution in [3.63, 3.8) is 0 Å². The Labute approximate surface area is 248 Å². The van der Waals surface area contributed by atoms with Crippen LogP contribution < -0.4 is 10.6 Å². The molecule has 1 aliphatic rings. The van der Waals surface area contributed by atoms with Gasteiger partial charge in [0.25, 0.3) is 0 Å². The number of carbonyl (C=O) groups excluding carboxylic acids is 1. The van der Waals surface area contributed by atoms with Gasteiger partial charge in [-0.05, 0) is 41.0 Å². The average molecular weight is 585 g/mol. The van der Waals surface area contributed by atoms with Crippen molar-refractivity contribution in [1.29, 1.82) is 0 Å². The molecule has 1 heterocycles. The number of thioether (sulfide) groups is 1. The fourth-order valence-corrected chi connectivity index (χ4v) is 5.76. The average Bonchev–Trinajstić information content (AvgIpc) is 3.03. The number of carboxylic acid groups (broad SMARTS) is 1. The maximum absolute atomic E-state index is 12.6. The smallest absolute Gasteiger partial charge is 0.336 e. The highest BCUT2D eigenvalue weighted by Crippen LogP contribution is 2.40. The molecule has 3 atom stereocenters. The van der Waals surface area contributed by atoms with E-state index in [2.05, 4.69) is 10.6 Å². The predicted octanol–water partition coefficient (Wildman–Crippen LogP) is 6.54. The highest BCUT2D eigenvalue weighted by atomic mass is 32.2. The van der Waals surface area contributed by atoms with E-state index >= 15 is 0 Å². The van der Waals surface area contributed by atoms with Crippen LogP contribution in [0, 0.1) is 0 Å². The molecule has 216 valence electrons. The molecule has 1 fully saturated rings. The van der Waals surface area contributed by atoms with Crippen LogP contribution in [-0.2, 0) is 22.6 Å². The van der Waals surface area contributed by atoms with Crippen LogP contribution in [0.2, 0.25) is 0 Å². The van der Waals surface area contributed by atoms with E-state index in [1.165, 1.54) is 11.8 Å². The SMILES string of the molecule is O=C(NCc1ccccc1)Nc1cccc([C@H]2O[C@@H](CSc3ccccc3C(=O)O)C[C@@H](c3ccc(CO)cc3)O2)c1. The van der Waals surface area contributed by atoms with E-state index < -0.39 is 12.3 Å². The minimum absolute atomic E-state index is 0.0431. The first-order chi connectivity index (χ1) is 20.5. The zero-order valence-corrected chi connectivity index (χ0v) is 23.6. The molecule has 0 saturated carbocycles. The van der Waals surface area contributed by atoms with Crippen molar-refractivity contribution >= 4 is 29.4 Å². The second kappa shape index (κ2) is 14.2. The van der Waals surface area contributed by atoms with Crippen LogP contribution in [0.5, 0.6) is 0 Å². The molecule has 0 spiro atoms. The van der Waals surface area contributed by atoms with Gasteiger partial charge in [-0.3, -0.25) is 0 Å². The van der Waals surface area contributed by atoms with Crippen molar-refractivity contribution in [2.75, 3.05) is 11.1 Å². The number of hydrogen-bond acceptors (Lipinski definition) is 6. The van der Waals surface area contributed by atoms with E-state index in [0.717, 1.165) is 22.3 Å². The van der Waals surface area contributed by atoms with E-state index in [1.54, 1.807) is 24.3 Å². The lowest BCUT2D eigenvalue weighted by molar-refractivity contribution is -0.245. The van der Waals surface area contributed by atoms with Crippen molar-refractivity contribution in [2.45, 2.75) is 43.0 Å². The van der Waals surface area contributed by atoms with E-state index in [9.17, 15) is 19.8 Å². The Morgan fingerprint density at radius 1 is 0.833 bits per heavy atom. The third-order valence-corrected chi connectivity index (χ3v) is 8.08. The molecule has 4 aromatic carbocycles. The molecule has 42 heavy (non-hydrogen) atoms. The van der Waals surface area contributed by atoms with Gasteiger partial charge < -0.3 is 30.3 Å². The van der Waals surface area contributed by atoms with E-state index in [-0.39, 0.29) is 30.4 Å². The summed E-state index contributed by atoms with van der Waals surface area (Å²) in [5, 5.41) is 24.8. The van der Waals surface area contributed by atoms with Gasteiger partial charge in [-0.25, -0.2) is 9.59 Å². The molecular weight excluding hydrogens is 552 g/mol. The highest BCUT2D eigenvalue weighted by molar-refractivity contribution is 7.99. The number of carboxylic acids is 1. The molecule has 0 radical (unpaired) electrons. The number of aliphatic hydroxyl groups excluding tert-OH is 1. The van der Waals surface area contributed by atoms with Crippen LogP contribution in [-0.4, -0.2) is 34.1 Å². The summed E-state index contributed by atoms with van der Waals surface area (Å²) in [5.74, 6) is -0.447. The fourth-order valence-electron chi connectivity index (χ4n) is 4.69. The molecule has 0 unspecified atom stereocenters. The summed E-state index contributed by atoms with van der Waals surface area (Å²) in [7, 11) is 0. The first kappa shape index (κ1) is 29.3. The summed E-state index contributed by atoms with van der Waals surface area (Å²) in [6.45, 7) is 0.362. The number of rotatable bonds is 10. The summed E-state index contributed by atoms with van der Waals surface area (Å²) in [4.78, 5) is 24.9. The molecule has 5 rings (SSSR count). The van der Waals surface area contributed by atoms with Gasteiger partial charge in [0.05, 0.1) is 24.4 Å². The molecular formula is C33H32N2O6S. The molecule has 0 aliphatic carbocycles. The molecule has 0 bridgehead atoms. The lowest BCUT2D eigenvalue weighted by Gasteiger charge is -2.36. The van der Waals surface area contributed by atoms with Crippen LogP contribution in [0.4, 0.5) is 10.5 Å². The number of benzene rings is 4. The van der Waals surface area contributed by atoms with E-state index in [1.807, 2.05) is 78.9 Å². The van der Waals surface area contributed by atoms with Crippen molar-refractivity contribution in [2.24, 2.45) is 0 Å². The number of hydrogen-bond donors (Lipinski definition) is 4. The molecule has 2 amide bonds. The maximum Gasteiger partial charge on any atom is 0.336 e. The van der Waals surface area contributed by atoms with Crippen molar-refractivity contribution in [3.8, 4) is 0 Å². The first-order valence-corrected chi connectivity index (χ1v) is 14.6. The minimum Gasteiger partial charge on any atom is -0.478 e. The number of anilines is 1. The zero-order chi connectivity index (χ0) is 29.3. The standard InChI is InChI=1S/C33H32N2O6S/c36-20-23-13-15-24(16-14-23)29-18-27(21-42-30-12-5-4-11-28(30)31(37)38)40-32(41-29)25-9-6-10-26(17-25)35-33(39)34-19-22-7-2-1-3-8-22/h1-17,27,29,32,36H,18-21H2,(H,37,38)(H2,34,35,39)/t27-,29+,32+/m1/s1. The normalized spacial score (nSPS) is 18.3. The van der Waals surface area contributed by atoms with E-state index in [4.69, 9.17) is 9.47 Å². The Hall–Kier alpha value is -4.15. The lowest BCUT2D eigenvalue weighted by atomic mass is 10.0. The van der Waals surface area contributed by atoms with E-state index in [0.29, 0.717) is 29.3 Å². The number of ether oxygens (including phenoxy) is 2. The van der Waals surface area contributed by atoms with Crippen LogP contribution in [0.25, 0.3) is 0 Å². The number of aliphatic hydroxyl groups is 1. The van der Waals surface area contributed by atoms with Crippen LogP contribution in [0.3, 0.4) is 0 Å². The molecule has 4 aromatic rings. The Balaban J connectivity index is 1.31. The van der Waals surface area contributed by atoms with Gasteiger partial charge in [-0.2, -0.15) is 0 Å². The van der Waals surface area contributed by atoms with Crippen molar-refractivity contribution < 1.29 is 29.3 Å². The Kier molecular flexibility index (Phi) is 9.89. The molecule has 4 N–H and O–H groups in total. The number of nitrogens with one attached hydrogen (secondary N) is 2. The third-order valence-electron chi connectivity index (χ3n) is 6.87. The number of amides is 2. The number of aromatic carboxylic acids is 1.